The van der Waals surface area contributed by atoms with Crippen molar-refractivity contribution in [2.75, 3.05) is 20.2 Å². The number of nitrogens with zero attached hydrogens (tertiary/aromatic N) is 1. The lowest BCUT2D eigenvalue weighted by Crippen LogP contribution is -2.53. The van der Waals surface area contributed by atoms with Crippen LogP contribution < -0.4 is 10.6 Å². The van der Waals surface area contributed by atoms with Crippen LogP contribution in [0.15, 0.2) is 30.3 Å². The van der Waals surface area contributed by atoms with Crippen LogP contribution in [0.1, 0.15) is 44.1 Å². The molecule has 3 N–H and O–H groups in total. The van der Waals surface area contributed by atoms with Crippen molar-refractivity contribution in [2.24, 2.45) is 11.8 Å². The van der Waals surface area contributed by atoms with Crippen LogP contribution in [0, 0.1) is 11.8 Å². The predicted octanol–water partition coefficient (Wildman–Crippen LogP) is 1.69. The Morgan fingerprint density at radius 3 is 2.62 bits per heavy atom. The molecule has 2 bridgehead atoms. The van der Waals surface area contributed by atoms with E-state index < -0.39 is 16.7 Å². The standard InChI is InChI=1S/C24H33N3O4S/c1-25-21(29)18-17-11-12-24(32-17)19(18)23(31)27(13-7-2-3-8-14-28)20(24)22(30)26-15-16-9-5-4-6-10-16/h4-6,9-10,17-20,28H,2-3,7-8,11-15H2,1H3,(H,25,29)(H,26,30)/t17-,18+,19+,20?,24?/m1/s1. The zero-order valence-electron chi connectivity index (χ0n) is 18.6. The summed E-state index contributed by atoms with van der Waals surface area (Å²) in [5.74, 6) is -1.05. The minimum atomic E-state index is -0.550. The fourth-order valence-electron chi connectivity index (χ4n) is 5.79. The molecule has 7 nitrogen and oxygen atoms in total. The second-order valence-corrected chi connectivity index (χ2v) is 10.6. The zero-order valence-corrected chi connectivity index (χ0v) is 19.4. The first-order chi connectivity index (χ1) is 15.5. The van der Waals surface area contributed by atoms with Gasteiger partial charge in [0, 0.05) is 32.0 Å². The zero-order chi connectivity index (χ0) is 22.7. The Morgan fingerprint density at radius 1 is 1.16 bits per heavy atom. The molecule has 3 heterocycles. The van der Waals surface area contributed by atoms with Crippen molar-refractivity contribution in [3.05, 3.63) is 35.9 Å². The highest BCUT2D eigenvalue weighted by atomic mass is 32.2. The van der Waals surface area contributed by atoms with Crippen molar-refractivity contribution in [1.29, 1.82) is 0 Å². The number of rotatable bonds is 10. The van der Waals surface area contributed by atoms with Crippen LogP contribution in [-0.4, -0.2) is 64.0 Å². The van der Waals surface area contributed by atoms with Crippen molar-refractivity contribution in [3.8, 4) is 0 Å². The maximum absolute atomic E-state index is 13.6. The summed E-state index contributed by atoms with van der Waals surface area (Å²) in [5, 5.41) is 14.9. The molecule has 3 aliphatic rings. The van der Waals surface area contributed by atoms with Gasteiger partial charge in [0.05, 0.1) is 16.6 Å². The number of likely N-dealkylation sites (tertiary alicyclic amines) is 1. The summed E-state index contributed by atoms with van der Waals surface area (Å²) in [5.41, 5.74) is 1.02. The Hall–Kier alpha value is -2.06. The van der Waals surface area contributed by atoms with Crippen molar-refractivity contribution >= 4 is 29.5 Å². The molecule has 5 atom stereocenters. The fraction of sp³-hybridized carbons (Fsp3) is 0.625. The molecule has 1 aromatic carbocycles. The molecular formula is C24H33N3O4S. The molecule has 8 heteroatoms. The van der Waals surface area contributed by atoms with E-state index in [4.69, 9.17) is 5.11 Å². The number of nitrogens with one attached hydrogen (secondary N) is 2. The van der Waals surface area contributed by atoms with Gasteiger partial charge in [0.25, 0.3) is 0 Å². The van der Waals surface area contributed by atoms with Crippen LogP contribution in [-0.2, 0) is 20.9 Å². The Balaban J connectivity index is 1.55. The molecule has 0 radical (unpaired) electrons. The van der Waals surface area contributed by atoms with Gasteiger partial charge in [-0.2, -0.15) is 0 Å². The number of unbranched alkanes of at least 4 members (excludes halogenated alkanes) is 3. The maximum Gasteiger partial charge on any atom is 0.244 e. The minimum absolute atomic E-state index is 0.0460. The molecule has 3 fully saturated rings. The molecule has 32 heavy (non-hydrogen) atoms. The third kappa shape index (κ3) is 4.03. The largest absolute Gasteiger partial charge is 0.396 e. The lowest BCUT2D eigenvalue weighted by Gasteiger charge is -2.34. The lowest BCUT2D eigenvalue weighted by atomic mass is 9.71. The van der Waals surface area contributed by atoms with Crippen LogP contribution in [0.2, 0.25) is 0 Å². The van der Waals surface area contributed by atoms with Crippen LogP contribution in [0.5, 0.6) is 0 Å². The van der Waals surface area contributed by atoms with Crippen molar-refractivity contribution in [2.45, 2.75) is 61.1 Å². The van der Waals surface area contributed by atoms with Crippen LogP contribution in [0.3, 0.4) is 0 Å². The topological polar surface area (TPSA) is 98.7 Å². The van der Waals surface area contributed by atoms with E-state index in [0.717, 1.165) is 44.1 Å². The minimum Gasteiger partial charge on any atom is -0.396 e. The van der Waals surface area contributed by atoms with Gasteiger partial charge in [-0.3, -0.25) is 14.4 Å². The van der Waals surface area contributed by atoms with E-state index in [0.29, 0.717) is 13.1 Å². The summed E-state index contributed by atoms with van der Waals surface area (Å²) >= 11 is 1.70. The number of hydrogen-bond donors (Lipinski definition) is 3. The number of thioether (sulfide) groups is 1. The van der Waals surface area contributed by atoms with Gasteiger partial charge in [-0.1, -0.05) is 43.2 Å². The Morgan fingerprint density at radius 2 is 1.91 bits per heavy atom. The number of benzene rings is 1. The quantitative estimate of drug-likeness (QED) is 0.463. The van der Waals surface area contributed by atoms with Gasteiger partial charge < -0.3 is 20.6 Å². The smallest absolute Gasteiger partial charge is 0.244 e. The molecule has 1 aromatic rings. The molecule has 0 aromatic heterocycles. The number of carbonyl (C=O) groups excluding carboxylic acids is 3. The molecular weight excluding hydrogens is 426 g/mol. The number of aliphatic hydroxyl groups excluding tert-OH is 1. The average Bonchev–Trinajstić information content (AvgIpc) is 3.45. The van der Waals surface area contributed by atoms with Crippen LogP contribution in [0.4, 0.5) is 0 Å². The first-order valence-corrected chi connectivity index (χ1v) is 12.5. The van der Waals surface area contributed by atoms with E-state index in [-0.39, 0.29) is 35.5 Å². The van der Waals surface area contributed by atoms with Gasteiger partial charge in [0.15, 0.2) is 0 Å². The number of hydrogen-bond acceptors (Lipinski definition) is 5. The van der Waals surface area contributed by atoms with Gasteiger partial charge in [-0.15, -0.1) is 11.8 Å². The van der Waals surface area contributed by atoms with Crippen LogP contribution in [0.25, 0.3) is 0 Å². The number of fused-ring (bicyclic) bond motifs is 1. The SMILES string of the molecule is CNC(=O)[C@@H]1[C@H]2C(=O)N(CCCCCCO)C(C(=O)NCc3ccccc3)C23CC[C@H]1S3. The second kappa shape index (κ2) is 9.83. The number of amides is 3. The van der Waals surface area contributed by atoms with E-state index in [1.807, 2.05) is 30.3 Å². The summed E-state index contributed by atoms with van der Waals surface area (Å²) in [6.45, 7) is 1.10. The van der Waals surface area contributed by atoms with Gasteiger partial charge in [0.2, 0.25) is 17.7 Å². The van der Waals surface area contributed by atoms with E-state index in [1.54, 1.807) is 23.7 Å². The Labute approximate surface area is 193 Å². The van der Waals surface area contributed by atoms with E-state index in [1.165, 1.54) is 0 Å². The summed E-state index contributed by atoms with van der Waals surface area (Å²) in [6, 6.07) is 9.21. The monoisotopic (exact) mass is 459 g/mol. The first kappa shape index (κ1) is 23.1. The molecule has 0 aliphatic carbocycles. The van der Waals surface area contributed by atoms with Gasteiger partial charge in [-0.05, 0) is 31.2 Å². The number of aliphatic hydroxyl groups is 1. The summed E-state index contributed by atoms with van der Waals surface area (Å²) in [4.78, 5) is 41.6. The van der Waals surface area contributed by atoms with Gasteiger partial charge in [-0.25, -0.2) is 0 Å². The van der Waals surface area contributed by atoms with E-state index in [9.17, 15) is 14.4 Å². The van der Waals surface area contributed by atoms with Gasteiger partial charge >= 0.3 is 0 Å². The summed E-state index contributed by atoms with van der Waals surface area (Å²) < 4.78 is -0.523. The molecule has 174 valence electrons. The first-order valence-electron chi connectivity index (χ1n) is 11.7. The Bertz CT molecular complexity index is 851. The normalized spacial score (nSPS) is 30.4. The second-order valence-electron chi connectivity index (χ2n) is 9.04. The third-order valence-electron chi connectivity index (χ3n) is 7.21. The highest BCUT2D eigenvalue weighted by molar-refractivity contribution is 8.02. The molecule has 3 amide bonds. The summed E-state index contributed by atoms with van der Waals surface area (Å²) in [7, 11) is 1.62. The van der Waals surface area contributed by atoms with E-state index >= 15 is 0 Å². The molecule has 3 saturated heterocycles. The van der Waals surface area contributed by atoms with Crippen molar-refractivity contribution in [1.82, 2.24) is 15.5 Å². The van der Waals surface area contributed by atoms with Crippen molar-refractivity contribution in [3.63, 3.8) is 0 Å². The molecule has 1 spiro atoms. The Kier molecular flexibility index (Phi) is 7.10. The van der Waals surface area contributed by atoms with Crippen molar-refractivity contribution < 1.29 is 19.5 Å². The molecule has 2 unspecified atom stereocenters. The summed E-state index contributed by atoms with van der Waals surface area (Å²) in [6.07, 6.45) is 4.98. The average molecular weight is 460 g/mol. The number of carbonyl (C=O) groups is 3. The third-order valence-corrected chi connectivity index (χ3v) is 9.17. The highest BCUT2D eigenvalue weighted by Crippen LogP contribution is 2.66. The maximum atomic E-state index is 13.6. The lowest BCUT2D eigenvalue weighted by molar-refractivity contribution is -0.140. The van der Waals surface area contributed by atoms with E-state index in [2.05, 4.69) is 10.6 Å². The van der Waals surface area contributed by atoms with Gasteiger partial charge in [0.1, 0.15) is 6.04 Å². The fourth-order valence-corrected chi connectivity index (χ4v) is 8.01. The molecule has 0 saturated carbocycles. The predicted molar refractivity (Wildman–Crippen MR) is 124 cm³/mol. The molecule has 4 rings (SSSR count). The van der Waals surface area contributed by atoms with Crippen LogP contribution >= 0.6 is 11.8 Å². The molecule has 3 aliphatic heterocycles. The highest BCUT2D eigenvalue weighted by Gasteiger charge is 2.73.